The molecule has 1 fully saturated rings. The van der Waals surface area contributed by atoms with E-state index in [1.54, 1.807) is 11.9 Å². The molecule has 0 aromatic carbocycles. The van der Waals surface area contributed by atoms with Crippen molar-refractivity contribution in [2.24, 2.45) is 0 Å². The third kappa shape index (κ3) is 4.46. The topological polar surface area (TPSA) is 75.7 Å². The summed E-state index contributed by atoms with van der Waals surface area (Å²) >= 11 is 0. The second-order valence-corrected chi connectivity index (χ2v) is 6.10. The van der Waals surface area contributed by atoms with Gasteiger partial charge in [-0.2, -0.15) is 0 Å². The molecule has 94 valence electrons. The summed E-state index contributed by atoms with van der Waals surface area (Å²) in [6.45, 7) is 2.04. The summed E-state index contributed by atoms with van der Waals surface area (Å²) in [6.07, 6.45) is 1.01. The van der Waals surface area contributed by atoms with Gasteiger partial charge in [0.05, 0.1) is 12.7 Å². The molecule has 1 unspecified atom stereocenters. The molecule has 0 aromatic heterocycles. The molecule has 0 saturated carbocycles. The number of carbonyl (C=O) groups excluding carboxylic acids is 1. The second kappa shape index (κ2) is 5.60. The minimum Gasteiger partial charge on any atom is -0.373 e. The Morgan fingerprint density at radius 2 is 2.25 bits per heavy atom. The van der Waals surface area contributed by atoms with E-state index in [0.717, 1.165) is 6.26 Å². The lowest BCUT2D eigenvalue weighted by Gasteiger charge is -2.32. The van der Waals surface area contributed by atoms with Crippen molar-refractivity contribution < 1.29 is 17.9 Å². The molecule has 7 heteroatoms. The van der Waals surface area contributed by atoms with E-state index >= 15 is 0 Å². The average Bonchev–Trinajstić information content (AvgIpc) is 2.16. The molecule has 1 N–H and O–H groups in total. The highest BCUT2D eigenvalue weighted by Crippen LogP contribution is 2.05. The molecule has 1 rings (SSSR count). The minimum absolute atomic E-state index is 0.0535. The Kier molecular flexibility index (Phi) is 4.69. The van der Waals surface area contributed by atoms with Crippen LogP contribution in [0.1, 0.15) is 0 Å². The summed E-state index contributed by atoms with van der Waals surface area (Å²) in [4.78, 5) is 13.2. The van der Waals surface area contributed by atoms with Gasteiger partial charge in [-0.15, -0.1) is 0 Å². The smallest absolute Gasteiger partial charge is 0.237 e. The molecule has 1 atom stereocenters. The van der Waals surface area contributed by atoms with Crippen molar-refractivity contribution in [1.29, 1.82) is 0 Å². The van der Waals surface area contributed by atoms with E-state index in [0.29, 0.717) is 26.2 Å². The van der Waals surface area contributed by atoms with Gasteiger partial charge in [0.2, 0.25) is 5.91 Å². The average molecular weight is 250 g/mol. The molecule has 16 heavy (non-hydrogen) atoms. The van der Waals surface area contributed by atoms with Crippen LogP contribution in [0.2, 0.25) is 0 Å². The normalized spacial score (nSPS) is 22.1. The molecule has 1 aliphatic heterocycles. The predicted molar refractivity (Wildman–Crippen MR) is 60.0 cm³/mol. The van der Waals surface area contributed by atoms with Crippen molar-refractivity contribution in [3.05, 3.63) is 0 Å². The number of hydrogen-bond acceptors (Lipinski definition) is 5. The maximum absolute atomic E-state index is 11.6. The van der Waals surface area contributed by atoms with Crippen molar-refractivity contribution in [2.45, 2.75) is 6.10 Å². The lowest BCUT2D eigenvalue weighted by Crippen LogP contribution is -2.49. The summed E-state index contributed by atoms with van der Waals surface area (Å²) < 4.78 is 27.4. The molecule has 0 bridgehead atoms. The van der Waals surface area contributed by atoms with Crippen LogP contribution in [0.25, 0.3) is 0 Å². The molecule has 1 heterocycles. The van der Waals surface area contributed by atoms with Gasteiger partial charge in [0.1, 0.15) is 5.75 Å². The number of nitrogens with zero attached hydrogens (tertiary/aromatic N) is 1. The summed E-state index contributed by atoms with van der Waals surface area (Å²) in [5, 5.41) is 2.96. The van der Waals surface area contributed by atoms with Gasteiger partial charge < -0.3 is 15.0 Å². The van der Waals surface area contributed by atoms with Crippen molar-refractivity contribution in [2.75, 3.05) is 45.3 Å². The Balaban J connectivity index is 2.50. The number of morpholine rings is 1. The lowest BCUT2D eigenvalue weighted by molar-refractivity contribution is -0.135. The molecule has 0 spiro atoms. The molecule has 1 saturated heterocycles. The third-order valence-electron chi connectivity index (χ3n) is 2.31. The summed E-state index contributed by atoms with van der Waals surface area (Å²) in [6, 6.07) is 0. The molecular weight excluding hydrogens is 232 g/mol. The Hall–Kier alpha value is -0.660. The van der Waals surface area contributed by atoms with Crippen molar-refractivity contribution in [3.63, 3.8) is 0 Å². The zero-order valence-electron chi connectivity index (χ0n) is 9.60. The number of sulfone groups is 1. The van der Waals surface area contributed by atoms with Crippen LogP contribution >= 0.6 is 0 Å². The van der Waals surface area contributed by atoms with Gasteiger partial charge in [-0.3, -0.25) is 4.79 Å². The van der Waals surface area contributed by atoms with Crippen LogP contribution in [0.15, 0.2) is 0 Å². The predicted octanol–water partition coefficient (Wildman–Crippen LogP) is -1.52. The first kappa shape index (κ1) is 13.4. The van der Waals surface area contributed by atoms with Gasteiger partial charge in [-0.05, 0) is 7.05 Å². The quantitative estimate of drug-likeness (QED) is 0.655. The van der Waals surface area contributed by atoms with Gasteiger partial charge >= 0.3 is 0 Å². The van der Waals surface area contributed by atoms with Gasteiger partial charge in [-0.1, -0.05) is 0 Å². The first-order valence-corrected chi connectivity index (χ1v) is 7.20. The van der Waals surface area contributed by atoms with Crippen LogP contribution in [0.5, 0.6) is 0 Å². The number of ether oxygens (including phenoxy) is 1. The fourth-order valence-electron chi connectivity index (χ4n) is 1.61. The summed E-state index contributed by atoms with van der Waals surface area (Å²) in [7, 11) is -1.44. The minimum atomic E-state index is -3.25. The van der Waals surface area contributed by atoms with E-state index in [1.165, 1.54) is 0 Å². The maximum Gasteiger partial charge on any atom is 0.237 e. The molecule has 1 amide bonds. The number of rotatable bonds is 4. The summed E-state index contributed by atoms with van der Waals surface area (Å²) in [5.41, 5.74) is 0. The maximum atomic E-state index is 11.6. The highest BCUT2D eigenvalue weighted by atomic mass is 32.2. The molecular formula is C9H18N2O4S. The van der Waals surface area contributed by atoms with E-state index in [-0.39, 0.29) is 12.0 Å². The first-order valence-electron chi connectivity index (χ1n) is 5.14. The lowest BCUT2D eigenvalue weighted by atomic mass is 10.2. The summed E-state index contributed by atoms with van der Waals surface area (Å²) in [5.74, 6) is -0.758. The van der Waals surface area contributed by atoms with Crippen LogP contribution in [0.3, 0.4) is 0 Å². The van der Waals surface area contributed by atoms with Crippen LogP contribution in [-0.4, -0.2) is 70.6 Å². The number of nitrogens with one attached hydrogen (secondary N) is 1. The van der Waals surface area contributed by atoms with Crippen molar-refractivity contribution >= 4 is 15.7 Å². The SMILES string of the molecule is CNCC1CN(C(=O)CS(C)(=O)=O)CCO1. The van der Waals surface area contributed by atoms with Crippen molar-refractivity contribution in [3.8, 4) is 0 Å². The monoisotopic (exact) mass is 250 g/mol. The largest absolute Gasteiger partial charge is 0.373 e. The van der Waals surface area contributed by atoms with Crippen LogP contribution in [0.4, 0.5) is 0 Å². The second-order valence-electron chi connectivity index (χ2n) is 3.96. The van der Waals surface area contributed by atoms with Crippen LogP contribution < -0.4 is 5.32 Å². The highest BCUT2D eigenvalue weighted by molar-refractivity contribution is 7.91. The Labute approximate surface area is 95.9 Å². The van der Waals surface area contributed by atoms with Gasteiger partial charge in [0, 0.05) is 25.9 Å². The van der Waals surface area contributed by atoms with E-state index < -0.39 is 15.6 Å². The first-order chi connectivity index (χ1) is 7.42. The third-order valence-corrected chi connectivity index (χ3v) is 3.08. The Morgan fingerprint density at radius 1 is 1.56 bits per heavy atom. The Bertz CT molecular complexity index is 339. The van der Waals surface area contributed by atoms with Gasteiger partial charge in [-0.25, -0.2) is 8.42 Å². The molecule has 1 aliphatic rings. The van der Waals surface area contributed by atoms with Gasteiger partial charge in [0.25, 0.3) is 0 Å². The number of carbonyl (C=O) groups is 1. The van der Waals surface area contributed by atoms with Crippen molar-refractivity contribution in [1.82, 2.24) is 10.2 Å². The van der Waals surface area contributed by atoms with E-state index in [4.69, 9.17) is 4.74 Å². The van der Waals surface area contributed by atoms with E-state index in [2.05, 4.69) is 5.32 Å². The van der Waals surface area contributed by atoms with Crippen LogP contribution in [0, 0.1) is 0 Å². The number of likely N-dealkylation sites (N-methyl/N-ethyl adjacent to an activating group) is 1. The van der Waals surface area contributed by atoms with E-state index in [9.17, 15) is 13.2 Å². The number of hydrogen-bond donors (Lipinski definition) is 1. The molecule has 0 aliphatic carbocycles. The van der Waals surface area contributed by atoms with Gasteiger partial charge in [0.15, 0.2) is 9.84 Å². The standard InChI is InChI=1S/C9H18N2O4S/c1-10-5-8-6-11(3-4-15-8)9(12)7-16(2,13)14/h8,10H,3-7H2,1-2H3. The molecule has 0 radical (unpaired) electrons. The highest BCUT2D eigenvalue weighted by Gasteiger charge is 2.25. The van der Waals surface area contributed by atoms with E-state index in [1.807, 2.05) is 0 Å². The fraction of sp³-hybridized carbons (Fsp3) is 0.889. The number of amides is 1. The molecule has 0 aromatic rings. The zero-order chi connectivity index (χ0) is 12.2. The van der Waals surface area contributed by atoms with Crippen LogP contribution in [-0.2, 0) is 19.4 Å². The molecule has 6 nitrogen and oxygen atoms in total. The fourth-order valence-corrected chi connectivity index (χ4v) is 2.24. The zero-order valence-corrected chi connectivity index (χ0v) is 10.4. The Morgan fingerprint density at radius 3 is 2.81 bits per heavy atom.